The van der Waals surface area contributed by atoms with Gasteiger partial charge in [-0.05, 0) is 137 Å². The van der Waals surface area contributed by atoms with Crippen LogP contribution in [0.3, 0.4) is 0 Å². The number of anilines is 3. The van der Waals surface area contributed by atoms with Gasteiger partial charge in [0, 0.05) is 17.1 Å². The summed E-state index contributed by atoms with van der Waals surface area (Å²) < 4.78 is 0. The van der Waals surface area contributed by atoms with Gasteiger partial charge in [-0.1, -0.05) is 231 Å². The number of fused-ring (bicyclic) bond motifs is 2. The van der Waals surface area contributed by atoms with E-state index in [0.717, 1.165) is 23.5 Å². The van der Waals surface area contributed by atoms with Crippen LogP contribution in [0.15, 0.2) is 267 Å². The second kappa shape index (κ2) is 18.3. The van der Waals surface area contributed by atoms with Gasteiger partial charge >= 0.3 is 0 Å². The van der Waals surface area contributed by atoms with E-state index in [1.807, 2.05) is 0 Å². The molecule has 11 aromatic carbocycles. The van der Waals surface area contributed by atoms with Gasteiger partial charge in [-0.25, -0.2) is 0 Å². The summed E-state index contributed by atoms with van der Waals surface area (Å²) in [5.74, 6) is 0. The van der Waals surface area contributed by atoms with Crippen LogP contribution in [0.5, 0.6) is 0 Å². The molecule has 66 heavy (non-hydrogen) atoms. The molecule has 0 radical (unpaired) electrons. The minimum atomic E-state index is 0.828. The van der Waals surface area contributed by atoms with Gasteiger partial charge in [-0.3, -0.25) is 0 Å². The predicted octanol–water partition coefficient (Wildman–Crippen LogP) is 17.9. The molecule has 0 saturated carbocycles. The topological polar surface area (TPSA) is 3.24 Å². The van der Waals surface area contributed by atoms with E-state index in [1.54, 1.807) is 0 Å². The molecule has 1 heteroatoms. The molecule has 0 aliphatic carbocycles. The highest BCUT2D eigenvalue weighted by Gasteiger charge is 2.15. The fraction of sp³-hybridized carbons (Fsp3) is 0.0154. The Morgan fingerprint density at radius 2 is 0.758 bits per heavy atom. The molecule has 312 valence electrons. The second-order valence-corrected chi connectivity index (χ2v) is 16.9. The fourth-order valence-electron chi connectivity index (χ4n) is 9.29. The molecule has 0 atom stereocenters. The van der Waals surface area contributed by atoms with Crippen LogP contribution >= 0.6 is 0 Å². The maximum absolute atomic E-state index is 2.39. The molecule has 0 amide bonds. The molecule has 0 aliphatic heterocycles. The first-order valence-electron chi connectivity index (χ1n) is 22.8. The van der Waals surface area contributed by atoms with Crippen molar-refractivity contribution in [1.29, 1.82) is 0 Å². The van der Waals surface area contributed by atoms with Gasteiger partial charge in [-0.15, -0.1) is 0 Å². The van der Waals surface area contributed by atoms with Crippen LogP contribution in [0.25, 0.3) is 77.7 Å². The number of hydrogen-bond donors (Lipinski definition) is 0. The van der Waals surface area contributed by atoms with E-state index >= 15 is 0 Å². The van der Waals surface area contributed by atoms with E-state index in [4.69, 9.17) is 0 Å². The largest absolute Gasteiger partial charge is 0.311 e. The number of hydrogen-bond acceptors (Lipinski definition) is 1. The highest BCUT2D eigenvalue weighted by Crippen LogP contribution is 2.39. The second-order valence-electron chi connectivity index (χ2n) is 16.9. The molecule has 0 N–H and O–H groups in total. The van der Waals surface area contributed by atoms with Crippen molar-refractivity contribution in [3.63, 3.8) is 0 Å². The van der Waals surface area contributed by atoms with Gasteiger partial charge < -0.3 is 4.90 Å². The van der Waals surface area contributed by atoms with Gasteiger partial charge in [0.25, 0.3) is 0 Å². The first kappa shape index (κ1) is 40.3. The van der Waals surface area contributed by atoms with E-state index in [1.165, 1.54) is 88.3 Å². The quantitative estimate of drug-likeness (QED) is 0.117. The molecule has 0 aromatic heterocycles. The van der Waals surface area contributed by atoms with Gasteiger partial charge in [0.05, 0.1) is 0 Å². The van der Waals surface area contributed by atoms with Crippen molar-refractivity contribution in [2.24, 2.45) is 0 Å². The first-order valence-corrected chi connectivity index (χ1v) is 22.8. The number of allylic oxidation sites excluding steroid dienone is 1. The van der Waals surface area contributed by atoms with Crippen LogP contribution in [-0.4, -0.2) is 0 Å². The van der Waals surface area contributed by atoms with Crippen molar-refractivity contribution in [3.05, 3.63) is 284 Å². The Balaban J connectivity index is 0.915. The summed E-state index contributed by atoms with van der Waals surface area (Å²) in [6.45, 7) is 0. The number of benzene rings is 11. The first-order chi connectivity index (χ1) is 32.7. The lowest BCUT2D eigenvalue weighted by Gasteiger charge is -2.26. The number of rotatable bonds is 11. The molecule has 0 unspecified atom stereocenters. The summed E-state index contributed by atoms with van der Waals surface area (Å²) in [6.07, 6.45) is 3.22. The Labute approximate surface area is 387 Å². The van der Waals surface area contributed by atoms with Crippen molar-refractivity contribution in [2.45, 2.75) is 6.42 Å². The molecule has 0 aliphatic rings. The highest BCUT2D eigenvalue weighted by atomic mass is 15.1. The van der Waals surface area contributed by atoms with Crippen LogP contribution in [-0.2, 0) is 6.42 Å². The van der Waals surface area contributed by atoms with Crippen LogP contribution in [0.2, 0.25) is 0 Å². The SMILES string of the molecule is C(=C(\Cc1ccccc1)c1ccc(-c2ccc(N(c3ccc(-c4ccccc4)cc3)c3ccc(-c4ccc5ccccc5c4)cc3)cc2)cc1)/c1ccc(-c2ccccc2)c2ccccc12. The van der Waals surface area contributed by atoms with Gasteiger partial charge in [0.2, 0.25) is 0 Å². The maximum Gasteiger partial charge on any atom is 0.0462 e. The minimum absolute atomic E-state index is 0.828. The summed E-state index contributed by atoms with van der Waals surface area (Å²) in [4.78, 5) is 2.35. The summed E-state index contributed by atoms with van der Waals surface area (Å²) >= 11 is 0. The molecule has 11 rings (SSSR count). The van der Waals surface area contributed by atoms with Crippen molar-refractivity contribution in [2.75, 3.05) is 4.90 Å². The van der Waals surface area contributed by atoms with Gasteiger partial charge in [-0.2, -0.15) is 0 Å². The Morgan fingerprint density at radius 3 is 1.35 bits per heavy atom. The zero-order valence-corrected chi connectivity index (χ0v) is 36.6. The van der Waals surface area contributed by atoms with Gasteiger partial charge in [0.15, 0.2) is 0 Å². The Hall–Kier alpha value is -8.52. The van der Waals surface area contributed by atoms with E-state index in [0.29, 0.717) is 0 Å². The molecule has 1 nitrogen and oxygen atoms in total. The average molecular weight is 842 g/mol. The monoisotopic (exact) mass is 841 g/mol. The summed E-state index contributed by atoms with van der Waals surface area (Å²) in [7, 11) is 0. The summed E-state index contributed by atoms with van der Waals surface area (Å²) in [6, 6.07) is 96.6. The van der Waals surface area contributed by atoms with E-state index < -0.39 is 0 Å². The molecule has 0 saturated heterocycles. The summed E-state index contributed by atoms with van der Waals surface area (Å²) in [5, 5.41) is 5.01. The van der Waals surface area contributed by atoms with Crippen molar-refractivity contribution >= 4 is 50.3 Å². The zero-order chi connectivity index (χ0) is 44.1. The molecular weight excluding hydrogens is 795 g/mol. The molecule has 0 fully saturated rings. The lowest BCUT2D eigenvalue weighted by Crippen LogP contribution is -2.09. The molecule has 0 bridgehead atoms. The lowest BCUT2D eigenvalue weighted by molar-refractivity contribution is 1.28. The van der Waals surface area contributed by atoms with Crippen LogP contribution in [0, 0.1) is 0 Å². The van der Waals surface area contributed by atoms with Crippen molar-refractivity contribution in [3.8, 4) is 44.5 Å². The van der Waals surface area contributed by atoms with Crippen LogP contribution < -0.4 is 4.90 Å². The van der Waals surface area contributed by atoms with Crippen LogP contribution in [0.1, 0.15) is 16.7 Å². The average Bonchev–Trinajstić information content (AvgIpc) is 3.40. The van der Waals surface area contributed by atoms with Crippen molar-refractivity contribution in [1.82, 2.24) is 0 Å². The van der Waals surface area contributed by atoms with Crippen LogP contribution in [0.4, 0.5) is 17.1 Å². The lowest BCUT2D eigenvalue weighted by atomic mass is 9.91. The predicted molar refractivity (Wildman–Crippen MR) is 282 cm³/mol. The fourth-order valence-corrected chi connectivity index (χ4v) is 9.29. The maximum atomic E-state index is 2.39. The van der Waals surface area contributed by atoms with Crippen molar-refractivity contribution < 1.29 is 0 Å². The van der Waals surface area contributed by atoms with E-state index in [2.05, 4.69) is 278 Å². The zero-order valence-electron chi connectivity index (χ0n) is 36.6. The van der Waals surface area contributed by atoms with E-state index in [9.17, 15) is 0 Å². The Bertz CT molecular complexity index is 3430. The third-order valence-corrected chi connectivity index (χ3v) is 12.8. The summed E-state index contributed by atoms with van der Waals surface area (Å²) in [5.41, 5.74) is 17.9. The molecular formula is C65H47N. The molecule has 11 aromatic rings. The van der Waals surface area contributed by atoms with Gasteiger partial charge in [0.1, 0.15) is 0 Å². The highest BCUT2D eigenvalue weighted by molar-refractivity contribution is 6.03. The minimum Gasteiger partial charge on any atom is -0.311 e. The Morgan fingerprint density at radius 1 is 0.318 bits per heavy atom. The third-order valence-electron chi connectivity index (χ3n) is 12.8. The normalized spacial score (nSPS) is 11.5. The number of nitrogens with zero attached hydrogens (tertiary/aromatic N) is 1. The smallest absolute Gasteiger partial charge is 0.0462 e. The molecule has 0 spiro atoms. The molecule has 0 heterocycles. The third kappa shape index (κ3) is 8.46. The van der Waals surface area contributed by atoms with E-state index in [-0.39, 0.29) is 0 Å². The standard InChI is InChI=1S/C65H47N/c1-4-14-47(15-5-1)44-59(46-58-36-43-64(55-19-8-3-9-20-55)65-23-13-12-22-63(58)65)54-26-24-50(25-27-54)52-32-39-61(40-33-52)66(60-37-30-51(31-38-60)48-16-6-2-7-17-48)62-41-34-53(35-42-62)57-29-28-49-18-10-11-21-56(49)45-57/h1-43,45-46H,44H2/b59-46-. The Kier molecular flexibility index (Phi) is 11.2.